The summed E-state index contributed by atoms with van der Waals surface area (Å²) in [6.07, 6.45) is 0. The van der Waals surface area contributed by atoms with E-state index in [1.54, 1.807) is 31.2 Å². The average molecular weight is 290 g/mol. The molecule has 0 heterocycles. The van der Waals surface area contributed by atoms with Gasteiger partial charge in [-0.05, 0) is 36.8 Å². The Kier molecular flexibility index (Phi) is 4.27. The molecule has 0 aromatic heterocycles. The molecule has 0 aliphatic rings. The van der Waals surface area contributed by atoms with Gasteiger partial charge in [0, 0.05) is 5.56 Å². The number of hydrogen-bond acceptors (Lipinski definition) is 2. The van der Waals surface area contributed by atoms with Crippen molar-refractivity contribution in [2.24, 2.45) is 0 Å². The first-order valence-electron chi connectivity index (χ1n) is 6.10. The van der Waals surface area contributed by atoms with Gasteiger partial charge in [-0.25, -0.2) is 8.78 Å². The monoisotopic (exact) mass is 290 g/mol. The molecule has 4 nitrogen and oxygen atoms in total. The quantitative estimate of drug-likeness (QED) is 0.834. The maximum atomic E-state index is 13.4. The van der Waals surface area contributed by atoms with Crippen LogP contribution in [0.2, 0.25) is 0 Å². The highest BCUT2D eigenvalue weighted by atomic mass is 19.1. The molecule has 108 valence electrons. The molecule has 0 saturated heterocycles. The van der Waals surface area contributed by atoms with Gasteiger partial charge >= 0.3 is 0 Å². The van der Waals surface area contributed by atoms with Crippen LogP contribution in [0.5, 0.6) is 0 Å². The van der Waals surface area contributed by atoms with Gasteiger partial charge < -0.3 is 0 Å². The van der Waals surface area contributed by atoms with Gasteiger partial charge in [0.05, 0.1) is 5.56 Å². The fourth-order valence-corrected chi connectivity index (χ4v) is 1.75. The summed E-state index contributed by atoms with van der Waals surface area (Å²) in [5, 5.41) is 0. The second-order valence-electron chi connectivity index (χ2n) is 4.35. The summed E-state index contributed by atoms with van der Waals surface area (Å²) in [7, 11) is 0. The number of carbonyl (C=O) groups is 2. The zero-order valence-corrected chi connectivity index (χ0v) is 11.1. The van der Waals surface area contributed by atoms with Crippen molar-refractivity contribution >= 4 is 11.8 Å². The predicted molar refractivity (Wildman–Crippen MR) is 72.5 cm³/mol. The molecule has 0 radical (unpaired) electrons. The predicted octanol–water partition coefficient (Wildman–Crippen LogP) is 2.35. The Morgan fingerprint density at radius 1 is 0.905 bits per heavy atom. The maximum Gasteiger partial charge on any atom is 0.272 e. The van der Waals surface area contributed by atoms with Gasteiger partial charge in [-0.3, -0.25) is 20.4 Å². The molecule has 0 saturated carbocycles. The van der Waals surface area contributed by atoms with E-state index in [2.05, 4.69) is 5.43 Å². The third kappa shape index (κ3) is 3.42. The van der Waals surface area contributed by atoms with Crippen molar-refractivity contribution in [2.45, 2.75) is 6.92 Å². The fraction of sp³-hybridized carbons (Fsp3) is 0.0667. The number of carbonyl (C=O) groups excluding carboxylic acids is 2. The molecule has 0 atom stereocenters. The highest BCUT2D eigenvalue weighted by Gasteiger charge is 2.14. The Bertz CT molecular complexity index is 702. The standard InChI is InChI=1S/C15H12F2N2O2/c1-9-4-2-3-5-11(9)14(20)18-19-15(21)12-8-10(16)6-7-13(12)17/h2-8H,1H3,(H,18,20)(H,19,21). The molecular weight excluding hydrogens is 278 g/mol. The Hall–Kier alpha value is -2.76. The van der Waals surface area contributed by atoms with Crippen LogP contribution in [0.15, 0.2) is 42.5 Å². The van der Waals surface area contributed by atoms with Crippen LogP contribution in [-0.2, 0) is 0 Å². The Labute approximate surface area is 119 Å². The van der Waals surface area contributed by atoms with Gasteiger partial charge in [0.15, 0.2) is 0 Å². The molecule has 0 aliphatic carbocycles. The largest absolute Gasteiger partial charge is 0.272 e. The van der Waals surface area contributed by atoms with E-state index < -0.39 is 29.0 Å². The van der Waals surface area contributed by atoms with E-state index in [9.17, 15) is 18.4 Å². The van der Waals surface area contributed by atoms with Gasteiger partial charge in [-0.1, -0.05) is 18.2 Å². The van der Waals surface area contributed by atoms with E-state index in [0.29, 0.717) is 5.56 Å². The van der Waals surface area contributed by atoms with E-state index in [-0.39, 0.29) is 0 Å². The highest BCUT2D eigenvalue weighted by Crippen LogP contribution is 2.09. The van der Waals surface area contributed by atoms with Crippen LogP contribution in [0, 0.1) is 18.6 Å². The first kappa shape index (κ1) is 14.6. The smallest absolute Gasteiger partial charge is 0.267 e. The van der Waals surface area contributed by atoms with Crippen LogP contribution in [0.1, 0.15) is 26.3 Å². The van der Waals surface area contributed by atoms with E-state index in [0.717, 1.165) is 23.8 Å². The van der Waals surface area contributed by atoms with Crippen molar-refractivity contribution in [3.63, 3.8) is 0 Å². The summed E-state index contributed by atoms with van der Waals surface area (Å²) in [4.78, 5) is 23.6. The Balaban J connectivity index is 2.06. The summed E-state index contributed by atoms with van der Waals surface area (Å²) in [6.45, 7) is 1.74. The van der Waals surface area contributed by atoms with Crippen molar-refractivity contribution < 1.29 is 18.4 Å². The second kappa shape index (κ2) is 6.13. The number of aryl methyl sites for hydroxylation is 1. The Morgan fingerprint density at radius 2 is 1.52 bits per heavy atom. The number of hydrazine groups is 1. The molecule has 21 heavy (non-hydrogen) atoms. The summed E-state index contributed by atoms with van der Waals surface area (Å²) >= 11 is 0. The minimum absolute atomic E-state index is 0.373. The lowest BCUT2D eigenvalue weighted by Gasteiger charge is -2.09. The van der Waals surface area contributed by atoms with Crippen LogP contribution in [0.3, 0.4) is 0 Å². The number of halogens is 2. The minimum atomic E-state index is -0.936. The molecule has 0 bridgehead atoms. The Morgan fingerprint density at radius 3 is 2.19 bits per heavy atom. The summed E-state index contributed by atoms with van der Waals surface area (Å²) in [5.41, 5.74) is 4.81. The zero-order valence-electron chi connectivity index (χ0n) is 11.1. The molecule has 6 heteroatoms. The van der Waals surface area contributed by atoms with Crippen molar-refractivity contribution in [1.29, 1.82) is 0 Å². The molecule has 0 aliphatic heterocycles. The number of benzene rings is 2. The lowest BCUT2D eigenvalue weighted by Crippen LogP contribution is -2.42. The number of hydrogen-bond donors (Lipinski definition) is 2. The van der Waals surface area contributed by atoms with E-state index in [1.807, 2.05) is 5.43 Å². The topological polar surface area (TPSA) is 58.2 Å². The van der Waals surface area contributed by atoms with Crippen molar-refractivity contribution in [1.82, 2.24) is 10.9 Å². The second-order valence-corrected chi connectivity index (χ2v) is 4.35. The first-order chi connectivity index (χ1) is 9.99. The van der Waals surface area contributed by atoms with Crippen LogP contribution in [-0.4, -0.2) is 11.8 Å². The van der Waals surface area contributed by atoms with E-state index in [4.69, 9.17) is 0 Å². The average Bonchev–Trinajstić information content (AvgIpc) is 2.47. The van der Waals surface area contributed by atoms with Gasteiger partial charge in [0.25, 0.3) is 11.8 Å². The van der Waals surface area contributed by atoms with E-state index in [1.165, 1.54) is 0 Å². The fourth-order valence-electron chi connectivity index (χ4n) is 1.75. The summed E-state index contributed by atoms with van der Waals surface area (Å²) < 4.78 is 26.4. The third-order valence-corrected chi connectivity index (χ3v) is 2.85. The summed E-state index contributed by atoms with van der Waals surface area (Å²) in [5.74, 6) is -3.10. The molecule has 0 fully saturated rings. The van der Waals surface area contributed by atoms with Crippen LogP contribution in [0.4, 0.5) is 8.78 Å². The lowest BCUT2D eigenvalue weighted by atomic mass is 10.1. The van der Waals surface area contributed by atoms with Gasteiger partial charge in [-0.2, -0.15) is 0 Å². The van der Waals surface area contributed by atoms with E-state index >= 15 is 0 Å². The van der Waals surface area contributed by atoms with Gasteiger partial charge in [0.2, 0.25) is 0 Å². The van der Waals surface area contributed by atoms with Gasteiger partial charge in [0.1, 0.15) is 11.6 Å². The lowest BCUT2D eigenvalue weighted by molar-refractivity contribution is 0.0843. The van der Waals surface area contributed by atoms with Crippen molar-refractivity contribution in [2.75, 3.05) is 0 Å². The molecule has 0 spiro atoms. The maximum absolute atomic E-state index is 13.4. The highest BCUT2D eigenvalue weighted by molar-refractivity contribution is 5.99. The minimum Gasteiger partial charge on any atom is -0.267 e. The SMILES string of the molecule is Cc1ccccc1C(=O)NNC(=O)c1cc(F)ccc1F. The van der Waals surface area contributed by atoms with Crippen LogP contribution in [0.25, 0.3) is 0 Å². The third-order valence-electron chi connectivity index (χ3n) is 2.85. The number of amides is 2. The molecular formula is C15H12F2N2O2. The molecule has 2 N–H and O–H groups in total. The number of rotatable bonds is 2. The van der Waals surface area contributed by atoms with Crippen LogP contribution >= 0.6 is 0 Å². The molecule has 0 unspecified atom stereocenters. The molecule has 2 aromatic rings. The summed E-state index contributed by atoms with van der Waals surface area (Å²) in [6, 6.07) is 9.27. The molecule has 2 rings (SSSR count). The van der Waals surface area contributed by atoms with Crippen molar-refractivity contribution in [3.05, 3.63) is 70.8 Å². The first-order valence-corrected chi connectivity index (χ1v) is 6.10. The number of nitrogens with one attached hydrogen (secondary N) is 2. The molecule has 2 aromatic carbocycles. The molecule has 2 amide bonds. The normalized spacial score (nSPS) is 10.0. The van der Waals surface area contributed by atoms with Crippen molar-refractivity contribution in [3.8, 4) is 0 Å². The zero-order chi connectivity index (χ0) is 15.4. The van der Waals surface area contributed by atoms with Crippen LogP contribution < -0.4 is 10.9 Å². The van der Waals surface area contributed by atoms with Gasteiger partial charge in [-0.15, -0.1) is 0 Å².